The number of halogens is 1. The molecule has 1 fully saturated rings. The Morgan fingerprint density at radius 2 is 2.13 bits per heavy atom. The van der Waals surface area contributed by atoms with Crippen molar-refractivity contribution in [3.8, 4) is 5.88 Å². The highest BCUT2D eigenvalue weighted by atomic mass is 79.9. The Bertz CT molecular complexity index is 1040. The molecule has 3 aromatic rings. The quantitative estimate of drug-likeness (QED) is 0.519. The maximum Gasteiger partial charge on any atom is 0.309 e. The molecule has 1 aliphatic rings. The molecule has 9 heteroatoms. The number of thiazole rings is 1. The van der Waals surface area contributed by atoms with Gasteiger partial charge in [-0.1, -0.05) is 46.3 Å². The van der Waals surface area contributed by atoms with E-state index in [0.29, 0.717) is 11.6 Å². The van der Waals surface area contributed by atoms with Crippen molar-refractivity contribution in [2.75, 3.05) is 19.7 Å². The van der Waals surface area contributed by atoms with E-state index >= 15 is 0 Å². The molecule has 30 heavy (non-hydrogen) atoms. The summed E-state index contributed by atoms with van der Waals surface area (Å²) in [7, 11) is 0. The van der Waals surface area contributed by atoms with Crippen LogP contribution >= 0.6 is 27.3 Å². The van der Waals surface area contributed by atoms with Crippen LogP contribution in [-0.4, -0.2) is 50.3 Å². The van der Waals surface area contributed by atoms with Gasteiger partial charge in [0.2, 0.25) is 10.8 Å². The molecule has 1 aromatic carbocycles. The van der Waals surface area contributed by atoms with Crippen molar-refractivity contribution in [3.63, 3.8) is 0 Å². The number of carbonyl (C=O) groups excluding carboxylic acids is 1. The molecule has 0 amide bonds. The van der Waals surface area contributed by atoms with Crippen molar-refractivity contribution in [3.05, 3.63) is 45.0 Å². The van der Waals surface area contributed by atoms with Crippen LogP contribution in [0.15, 0.2) is 28.7 Å². The minimum Gasteiger partial charge on any atom is -0.492 e. The molecule has 3 heterocycles. The number of esters is 1. The van der Waals surface area contributed by atoms with Gasteiger partial charge in [0.05, 0.1) is 23.4 Å². The number of fused-ring (bicyclic) bond motifs is 1. The van der Waals surface area contributed by atoms with Crippen molar-refractivity contribution in [1.29, 1.82) is 0 Å². The molecule has 160 valence electrons. The molecule has 0 saturated carbocycles. The zero-order valence-electron chi connectivity index (χ0n) is 17.0. The molecular formula is C21H25BrN4O3S. The minimum absolute atomic E-state index is 0.0626. The van der Waals surface area contributed by atoms with E-state index in [2.05, 4.69) is 43.0 Å². The molecule has 4 rings (SSSR count). The minimum atomic E-state index is -0.135. The van der Waals surface area contributed by atoms with Gasteiger partial charge < -0.3 is 9.84 Å². The number of nitrogens with zero attached hydrogens (tertiary/aromatic N) is 4. The van der Waals surface area contributed by atoms with Gasteiger partial charge in [0.15, 0.2) is 5.82 Å². The zero-order chi connectivity index (χ0) is 21.3. The van der Waals surface area contributed by atoms with E-state index in [1.807, 2.05) is 26.0 Å². The van der Waals surface area contributed by atoms with Gasteiger partial charge in [-0.15, -0.1) is 5.10 Å². The number of likely N-dealkylation sites (tertiary alicyclic amines) is 1. The molecule has 1 N–H and O–H groups in total. The normalized spacial score (nSPS) is 16.8. The SMILES string of the molecule is CCOC(=O)C1CCN([C@@H](c2cccc(Br)c2)c2sc3nc(CC)nn3c2O)CC1. The molecule has 1 saturated heterocycles. The summed E-state index contributed by atoms with van der Waals surface area (Å²) in [4.78, 5) is 20.5. The van der Waals surface area contributed by atoms with E-state index in [1.54, 1.807) is 0 Å². The van der Waals surface area contributed by atoms with Crippen LogP contribution in [0.5, 0.6) is 5.88 Å². The third-order valence-electron chi connectivity index (χ3n) is 5.49. The first-order chi connectivity index (χ1) is 14.5. The molecule has 7 nitrogen and oxygen atoms in total. The highest BCUT2D eigenvalue weighted by Gasteiger charge is 2.34. The molecule has 0 aliphatic carbocycles. The third kappa shape index (κ3) is 4.10. The van der Waals surface area contributed by atoms with Crippen molar-refractivity contribution < 1.29 is 14.6 Å². The molecule has 0 radical (unpaired) electrons. The Labute approximate surface area is 187 Å². The number of hydrogen-bond acceptors (Lipinski definition) is 7. The fraction of sp³-hybridized carbons (Fsp3) is 0.476. The Balaban J connectivity index is 1.67. The van der Waals surface area contributed by atoms with E-state index < -0.39 is 0 Å². The second-order valence-electron chi connectivity index (χ2n) is 7.39. The number of carbonyl (C=O) groups is 1. The number of aromatic nitrogens is 3. The molecule has 2 aromatic heterocycles. The number of hydrogen-bond donors (Lipinski definition) is 1. The lowest BCUT2D eigenvalue weighted by molar-refractivity contribution is -0.149. The van der Waals surface area contributed by atoms with Gasteiger partial charge in [-0.05, 0) is 50.6 Å². The van der Waals surface area contributed by atoms with Crippen LogP contribution in [0.3, 0.4) is 0 Å². The topological polar surface area (TPSA) is 80.0 Å². The van der Waals surface area contributed by atoms with Crippen LogP contribution in [0.4, 0.5) is 0 Å². The molecule has 0 unspecified atom stereocenters. The fourth-order valence-electron chi connectivity index (χ4n) is 3.98. The zero-order valence-corrected chi connectivity index (χ0v) is 19.4. The van der Waals surface area contributed by atoms with Crippen LogP contribution < -0.4 is 0 Å². The van der Waals surface area contributed by atoms with Crippen LogP contribution in [0, 0.1) is 5.92 Å². The van der Waals surface area contributed by atoms with Crippen LogP contribution in [0.25, 0.3) is 4.96 Å². The van der Waals surface area contributed by atoms with Crippen molar-refractivity contribution in [2.24, 2.45) is 5.92 Å². The van der Waals surface area contributed by atoms with Gasteiger partial charge in [-0.25, -0.2) is 4.98 Å². The molecular weight excluding hydrogens is 468 g/mol. The van der Waals surface area contributed by atoms with E-state index in [9.17, 15) is 9.90 Å². The number of aryl methyl sites for hydroxylation is 1. The van der Waals surface area contributed by atoms with Crippen LogP contribution in [0.2, 0.25) is 0 Å². The monoisotopic (exact) mass is 492 g/mol. The predicted molar refractivity (Wildman–Crippen MR) is 119 cm³/mol. The van der Waals surface area contributed by atoms with E-state index in [-0.39, 0.29) is 23.8 Å². The summed E-state index contributed by atoms with van der Waals surface area (Å²) >= 11 is 5.04. The largest absolute Gasteiger partial charge is 0.492 e. The standard InChI is InChI=1S/C21H25BrN4O3S/c1-3-16-23-21-26(24-16)19(27)18(30-21)17(14-6-5-7-15(22)12-14)25-10-8-13(9-11-25)20(28)29-4-2/h5-7,12-13,17,27H,3-4,8-11H2,1-2H3/t17-/m0/s1. The molecule has 0 bridgehead atoms. The van der Waals surface area contributed by atoms with Crippen molar-refractivity contribution in [1.82, 2.24) is 19.5 Å². The fourth-order valence-corrected chi connectivity index (χ4v) is 5.53. The van der Waals surface area contributed by atoms with Gasteiger partial charge in [0, 0.05) is 10.9 Å². The van der Waals surface area contributed by atoms with Gasteiger partial charge in [-0.2, -0.15) is 4.52 Å². The Hall–Kier alpha value is -1.97. The van der Waals surface area contributed by atoms with Crippen LogP contribution in [-0.2, 0) is 16.0 Å². The number of benzene rings is 1. The Morgan fingerprint density at radius 3 is 2.77 bits per heavy atom. The molecule has 0 spiro atoms. The molecule has 1 atom stereocenters. The summed E-state index contributed by atoms with van der Waals surface area (Å²) in [6.07, 6.45) is 2.20. The highest BCUT2D eigenvalue weighted by Crippen LogP contribution is 2.41. The van der Waals surface area contributed by atoms with E-state index in [1.165, 1.54) is 15.9 Å². The average Bonchev–Trinajstić information content (AvgIpc) is 3.28. The third-order valence-corrected chi connectivity index (χ3v) is 7.05. The van der Waals surface area contributed by atoms with E-state index in [4.69, 9.17) is 4.74 Å². The first kappa shape index (κ1) is 21.3. The van der Waals surface area contributed by atoms with Gasteiger partial charge in [-0.3, -0.25) is 9.69 Å². The summed E-state index contributed by atoms with van der Waals surface area (Å²) in [6, 6.07) is 8.00. The summed E-state index contributed by atoms with van der Waals surface area (Å²) in [5.41, 5.74) is 1.08. The summed E-state index contributed by atoms with van der Waals surface area (Å²) < 4.78 is 7.73. The first-order valence-corrected chi connectivity index (χ1v) is 11.9. The summed E-state index contributed by atoms with van der Waals surface area (Å²) in [6.45, 7) is 5.73. The Kier molecular flexibility index (Phi) is 6.40. The lowest BCUT2D eigenvalue weighted by Crippen LogP contribution is -2.39. The highest BCUT2D eigenvalue weighted by molar-refractivity contribution is 9.10. The number of ether oxygens (including phenoxy) is 1. The maximum atomic E-state index is 12.2. The summed E-state index contributed by atoms with van der Waals surface area (Å²) in [5, 5.41) is 15.4. The number of rotatable bonds is 6. The molecule has 1 aliphatic heterocycles. The predicted octanol–water partition coefficient (Wildman–Crippen LogP) is 4.19. The lowest BCUT2D eigenvalue weighted by Gasteiger charge is -2.36. The second-order valence-corrected chi connectivity index (χ2v) is 9.31. The summed E-state index contributed by atoms with van der Waals surface area (Å²) in [5.74, 6) is 0.689. The average molecular weight is 493 g/mol. The lowest BCUT2D eigenvalue weighted by atomic mass is 9.93. The van der Waals surface area contributed by atoms with Crippen LogP contribution in [0.1, 0.15) is 49.0 Å². The van der Waals surface area contributed by atoms with E-state index in [0.717, 1.165) is 53.1 Å². The second kappa shape index (κ2) is 9.03. The number of aromatic hydroxyl groups is 1. The maximum absolute atomic E-state index is 12.2. The Morgan fingerprint density at radius 1 is 1.37 bits per heavy atom. The smallest absolute Gasteiger partial charge is 0.309 e. The van der Waals surface area contributed by atoms with Gasteiger partial charge in [0.1, 0.15) is 0 Å². The van der Waals surface area contributed by atoms with Gasteiger partial charge >= 0.3 is 5.97 Å². The first-order valence-electron chi connectivity index (χ1n) is 10.2. The van der Waals surface area contributed by atoms with Gasteiger partial charge in [0.25, 0.3) is 0 Å². The van der Waals surface area contributed by atoms with Crippen molar-refractivity contribution >= 4 is 38.2 Å². The number of piperidine rings is 1. The van der Waals surface area contributed by atoms with Crippen molar-refractivity contribution in [2.45, 2.75) is 39.2 Å².